The van der Waals surface area contributed by atoms with Crippen molar-refractivity contribution >= 4 is 17.7 Å². The first-order valence-electron chi connectivity index (χ1n) is 7.64. The maximum absolute atomic E-state index is 12.3. The van der Waals surface area contributed by atoms with Gasteiger partial charge in [0, 0.05) is 20.1 Å². The number of tetrazole rings is 1. The van der Waals surface area contributed by atoms with Gasteiger partial charge in [-0.25, -0.2) is 4.68 Å². The molecule has 0 saturated heterocycles. The zero-order chi connectivity index (χ0) is 16.8. The molecule has 6 nitrogen and oxygen atoms in total. The van der Waals surface area contributed by atoms with Crippen molar-refractivity contribution in [1.82, 2.24) is 25.1 Å². The monoisotopic (exact) mass is 333 g/mol. The molecule has 0 aliphatic heterocycles. The van der Waals surface area contributed by atoms with Crippen molar-refractivity contribution in [3.63, 3.8) is 0 Å². The number of rotatable bonds is 7. The number of amides is 1. The first kappa shape index (κ1) is 17.5. The second-order valence-corrected chi connectivity index (χ2v) is 6.94. The summed E-state index contributed by atoms with van der Waals surface area (Å²) in [5.41, 5.74) is 2.36. The Morgan fingerprint density at radius 2 is 2.09 bits per heavy atom. The highest BCUT2D eigenvalue weighted by molar-refractivity contribution is 7.99. The van der Waals surface area contributed by atoms with E-state index in [1.807, 2.05) is 19.2 Å². The Kier molecular flexibility index (Phi) is 6.15. The van der Waals surface area contributed by atoms with Gasteiger partial charge in [0.2, 0.25) is 11.1 Å². The molecule has 1 aromatic carbocycles. The molecule has 0 unspecified atom stereocenters. The third kappa shape index (κ3) is 5.06. The van der Waals surface area contributed by atoms with Crippen molar-refractivity contribution in [3.8, 4) is 0 Å². The fraction of sp³-hybridized carbons (Fsp3) is 0.500. The van der Waals surface area contributed by atoms with Crippen LogP contribution < -0.4 is 0 Å². The summed E-state index contributed by atoms with van der Waals surface area (Å²) in [5, 5.41) is 12.3. The molecule has 0 radical (unpaired) electrons. The minimum Gasteiger partial charge on any atom is -0.341 e. The summed E-state index contributed by atoms with van der Waals surface area (Å²) in [7, 11) is 1.83. The molecule has 0 aliphatic rings. The maximum atomic E-state index is 12.3. The van der Waals surface area contributed by atoms with Crippen LogP contribution in [0.3, 0.4) is 0 Å². The Balaban J connectivity index is 1.89. The number of carbonyl (C=O) groups is 1. The van der Waals surface area contributed by atoms with E-state index in [1.54, 1.807) is 9.58 Å². The molecule has 0 fully saturated rings. The molecule has 0 N–H and O–H groups in total. The number of nitrogens with zero attached hydrogens (tertiary/aromatic N) is 5. The van der Waals surface area contributed by atoms with Gasteiger partial charge in [-0.2, -0.15) is 0 Å². The van der Waals surface area contributed by atoms with Gasteiger partial charge in [0.05, 0.1) is 5.75 Å². The predicted molar refractivity (Wildman–Crippen MR) is 91.0 cm³/mol. The SMILES string of the molecule is Cc1ccccc1CN(C)C(=O)CSc1nnnn1CC(C)C. The van der Waals surface area contributed by atoms with E-state index in [0.29, 0.717) is 23.4 Å². The molecule has 0 spiro atoms. The number of hydrogen-bond donors (Lipinski definition) is 0. The van der Waals surface area contributed by atoms with E-state index in [9.17, 15) is 4.79 Å². The zero-order valence-corrected chi connectivity index (χ0v) is 14.9. The van der Waals surface area contributed by atoms with E-state index in [4.69, 9.17) is 0 Å². The molecule has 7 heteroatoms. The van der Waals surface area contributed by atoms with Gasteiger partial charge in [0.15, 0.2) is 0 Å². The van der Waals surface area contributed by atoms with Crippen LogP contribution in [-0.2, 0) is 17.9 Å². The van der Waals surface area contributed by atoms with E-state index < -0.39 is 0 Å². The molecular weight excluding hydrogens is 310 g/mol. The number of aryl methyl sites for hydroxylation is 1. The molecule has 2 aromatic rings. The lowest BCUT2D eigenvalue weighted by molar-refractivity contribution is -0.127. The van der Waals surface area contributed by atoms with Crippen LogP contribution >= 0.6 is 11.8 Å². The third-order valence-corrected chi connectivity index (χ3v) is 4.40. The van der Waals surface area contributed by atoms with Gasteiger partial charge in [-0.15, -0.1) is 5.10 Å². The highest BCUT2D eigenvalue weighted by Gasteiger charge is 2.14. The molecule has 1 amide bonds. The fourth-order valence-corrected chi connectivity index (χ4v) is 2.96. The lowest BCUT2D eigenvalue weighted by atomic mass is 10.1. The minimum absolute atomic E-state index is 0.0670. The Hall–Kier alpha value is -1.89. The Morgan fingerprint density at radius 1 is 1.35 bits per heavy atom. The first-order valence-corrected chi connectivity index (χ1v) is 8.63. The van der Waals surface area contributed by atoms with Crippen molar-refractivity contribution in [2.75, 3.05) is 12.8 Å². The largest absolute Gasteiger partial charge is 0.341 e. The van der Waals surface area contributed by atoms with E-state index in [0.717, 1.165) is 12.1 Å². The van der Waals surface area contributed by atoms with E-state index in [-0.39, 0.29) is 5.91 Å². The van der Waals surface area contributed by atoms with E-state index >= 15 is 0 Å². The van der Waals surface area contributed by atoms with Gasteiger partial charge in [0.25, 0.3) is 0 Å². The molecular formula is C16H23N5OS. The molecule has 0 bridgehead atoms. The third-order valence-electron chi connectivity index (χ3n) is 3.46. The summed E-state index contributed by atoms with van der Waals surface area (Å²) in [6.07, 6.45) is 0. The highest BCUT2D eigenvalue weighted by atomic mass is 32.2. The second-order valence-electron chi connectivity index (χ2n) is 6.00. The van der Waals surface area contributed by atoms with E-state index in [1.165, 1.54) is 17.3 Å². The summed E-state index contributed by atoms with van der Waals surface area (Å²) < 4.78 is 1.75. The Bertz CT molecular complexity index is 655. The van der Waals surface area contributed by atoms with Crippen LogP contribution in [0.1, 0.15) is 25.0 Å². The summed E-state index contributed by atoms with van der Waals surface area (Å²) in [5.74, 6) is 0.857. The number of thioether (sulfide) groups is 1. The molecule has 23 heavy (non-hydrogen) atoms. The number of benzene rings is 1. The van der Waals surface area contributed by atoms with Crippen LogP contribution in [0.4, 0.5) is 0 Å². The second kappa shape index (κ2) is 8.10. The summed E-state index contributed by atoms with van der Waals surface area (Å²) in [6.45, 7) is 7.64. The van der Waals surface area contributed by atoms with Crippen LogP contribution in [0.15, 0.2) is 29.4 Å². The Morgan fingerprint density at radius 3 is 2.78 bits per heavy atom. The minimum atomic E-state index is 0.0670. The number of carbonyl (C=O) groups excluding carboxylic acids is 1. The maximum Gasteiger partial charge on any atom is 0.233 e. The normalized spacial score (nSPS) is 11.0. The fourth-order valence-electron chi connectivity index (χ4n) is 2.13. The van der Waals surface area contributed by atoms with Gasteiger partial charge in [-0.1, -0.05) is 49.9 Å². The molecule has 0 aliphatic carbocycles. The van der Waals surface area contributed by atoms with Gasteiger partial charge < -0.3 is 4.90 Å². The average molecular weight is 333 g/mol. The number of hydrogen-bond acceptors (Lipinski definition) is 5. The molecule has 0 atom stereocenters. The van der Waals surface area contributed by atoms with Crippen molar-refractivity contribution in [1.29, 1.82) is 0 Å². The predicted octanol–water partition coefficient (Wildman–Crippen LogP) is 2.39. The molecule has 0 saturated carbocycles. The topological polar surface area (TPSA) is 63.9 Å². The van der Waals surface area contributed by atoms with E-state index in [2.05, 4.69) is 48.4 Å². The van der Waals surface area contributed by atoms with Crippen LogP contribution in [0.25, 0.3) is 0 Å². The van der Waals surface area contributed by atoms with Crippen LogP contribution in [0.5, 0.6) is 0 Å². The summed E-state index contributed by atoms with van der Waals surface area (Å²) >= 11 is 1.38. The lowest BCUT2D eigenvalue weighted by Gasteiger charge is -2.18. The molecule has 1 aromatic heterocycles. The lowest BCUT2D eigenvalue weighted by Crippen LogP contribution is -2.28. The number of aromatic nitrogens is 4. The molecule has 124 valence electrons. The van der Waals surface area contributed by atoms with Gasteiger partial charge in [0.1, 0.15) is 0 Å². The van der Waals surface area contributed by atoms with Crippen LogP contribution in [0.2, 0.25) is 0 Å². The van der Waals surface area contributed by atoms with Gasteiger partial charge in [-0.3, -0.25) is 4.79 Å². The van der Waals surface area contributed by atoms with Crippen molar-refractivity contribution in [2.45, 2.75) is 39.0 Å². The zero-order valence-electron chi connectivity index (χ0n) is 14.1. The van der Waals surface area contributed by atoms with Crippen LogP contribution in [0, 0.1) is 12.8 Å². The standard InChI is InChI=1S/C16H23N5OS/c1-12(2)9-21-16(17-18-19-21)23-11-15(22)20(4)10-14-8-6-5-7-13(14)3/h5-8,12H,9-11H2,1-4H3. The quantitative estimate of drug-likeness (QED) is 0.728. The van der Waals surface area contributed by atoms with Crippen molar-refractivity contribution < 1.29 is 4.79 Å². The van der Waals surface area contributed by atoms with Gasteiger partial charge >= 0.3 is 0 Å². The van der Waals surface area contributed by atoms with Gasteiger partial charge in [-0.05, 0) is 34.4 Å². The van der Waals surface area contributed by atoms with Crippen LogP contribution in [-0.4, -0.2) is 43.8 Å². The molecule has 1 heterocycles. The average Bonchev–Trinajstić information content (AvgIpc) is 2.93. The molecule has 2 rings (SSSR count). The first-order chi connectivity index (χ1) is 11.0. The Labute approximate surface area is 141 Å². The van der Waals surface area contributed by atoms with Crippen molar-refractivity contribution in [2.24, 2.45) is 5.92 Å². The van der Waals surface area contributed by atoms with Crippen molar-refractivity contribution in [3.05, 3.63) is 35.4 Å². The highest BCUT2D eigenvalue weighted by Crippen LogP contribution is 2.16. The summed E-state index contributed by atoms with van der Waals surface area (Å²) in [4.78, 5) is 14.1. The smallest absolute Gasteiger partial charge is 0.233 e. The summed E-state index contributed by atoms with van der Waals surface area (Å²) in [6, 6.07) is 8.11.